The summed E-state index contributed by atoms with van der Waals surface area (Å²) < 4.78 is 10.7. The van der Waals surface area contributed by atoms with Gasteiger partial charge in [0.2, 0.25) is 0 Å². The molecule has 0 bridgehead atoms. The highest BCUT2D eigenvalue weighted by molar-refractivity contribution is 6.32. The molecule has 7 heteroatoms. The maximum Gasteiger partial charge on any atom is 0.634 e. The van der Waals surface area contributed by atoms with Crippen molar-refractivity contribution in [3.8, 4) is 5.75 Å². The Labute approximate surface area is 94.8 Å². The maximum atomic E-state index is 8.84. The first kappa shape index (κ1) is 13.0. The summed E-state index contributed by atoms with van der Waals surface area (Å²) in [6, 6.07) is 0. The van der Waals surface area contributed by atoms with Crippen LogP contribution in [0.3, 0.4) is 0 Å². The van der Waals surface area contributed by atoms with Crippen LogP contribution in [0.1, 0.15) is 27.7 Å². The van der Waals surface area contributed by atoms with Gasteiger partial charge in [-0.2, -0.15) is 5.10 Å². The van der Waals surface area contributed by atoms with E-state index in [2.05, 4.69) is 10.2 Å². The number of nitrogens with one attached hydrogen (secondary N) is 1. The highest BCUT2D eigenvalue weighted by Crippen LogP contribution is 2.30. The lowest BCUT2D eigenvalue weighted by molar-refractivity contribution is -0.0933. The van der Waals surface area contributed by atoms with Crippen molar-refractivity contribution in [2.45, 2.75) is 38.9 Å². The van der Waals surface area contributed by atoms with Gasteiger partial charge in [0, 0.05) is 0 Å². The average molecular weight is 228 g/mol. The molecule has 0 aliphatic heterocycles. The molecule has 0 saturated carbocycles. The van der Waals surface area contributed by atoms with Gasteiger partial charge in [-0.15, -0.1) is 0 Å². The Hall–Kier alpha value is -1.05. The zero-order valence-corrected chi connectivity index (χ0v) is 9.89. The van der Waals surface area contributed by atoms with Crippen molar-refractivity contribution in [2.75, 3.05) is 0 Å². The van der Waals surface area contributed by atoms with Crippen LogP contribution in [0, 0.1) is 0 Å². The lowest BCUT2D eigenvalue weighted by atomic mass is 9.87. The molecule has 3 N–H and O–H groups in total. The molecule has 1 rings (SSSR count). The number of nitrogens with zero attached hydrogens (tertiary/aromatic N) is 1. The van der Waals surface area contributed by atoms with E-state index in [0.717, 1.165) is 0 Å². The van der Waals surface area contributed by atoms with Gasteiger partial charge in [-0.25, -0.2) is 0 Å². The molecule has 0 fully saturated rings. The normalized spacial score (nSPS) is 12.6. The van der Waals surface area contributed by atoms with Crippen molar-refractivity contribution < 1.29 is 19.4 Å². The summed E-state index contributed by atoms with van der Waals surface area (Å²) in [7, 11) is -1.83. The highest BCUT2D eigenvalue weighted by Gasteiger charge is 2.42. The van der Waals surface area contributed by atoms with E-state index in [9.17, 15) is 0 Å². The topological polar surface area (TPSA) is 87.6 Å². The second-order valence-corrected chi connectivity index (χ2v) is 4.50. The summed E-state index contributed by atoms with van der Waals surface area (Å²) in [4.78, 5) is 0. The Morgan fingerprint density at radius 3 is 2.31 bits per heavy atom. The number of H-pyrrole nitrogens is 1. The molecule has 0 amide bonds. The van der Waals surface area contributed by atoms with E-state index in [-0.39, 0.29) is 0 Å². The average Bonchev–Trinajstić information content (AvgIpc) is 2.52. The van der Waals surface area contributed by atoms with Crippen molar-refractivity contribution in [1.82, 2.24) is 10.2 Å². The van der Waals surface area contributed by atoms with E-state index < -0.39 is 18.5 Å². The van der Waals surface area contributed by atoms with Gasteiger partial charge in [0.1, 0.15) is 5.60 Å². The van der Waals surface area contributed by atoms with Crippen LogP contribution >= 0.6 is 0 Å². The fourth-order valence-corrected chi connectivity index (χ4v) is 1.12. The van der Waals surface area contributed by atoms with E-state index in [0.29, 0.717) is 5.75 Å². The fourth-order valence-electron chi connectivity index (χ4n) is 1.12. The molecule has 0 radical (unpaired) electrons. The molecule has 0 aliphatic rings. The van der Waals surface area contributed by atoms with E-state index >= 15 is 0 Å². The Morgan fingerprint density at radius 2 is 1.88 bits per heavy atom. The third-order valence-corrected chi connectivity index (χ3v) is 2.70. The molecule has 0 spiro atoms. The Bertz CT molecular complexity index is 324. The molecule has 1 heterocycles. The first-order valence-electron chi connectivity index (χ1n) is 4.96. The fraction of sp³-hybridized carbons (Fsp3) is 0.667. The second-order valence-electron chi connectivity index (χ2n) is 4.50. The minimum atomic E-state index is -1.83. The zero-order valence-electron chi connectivity index (χ0n) is 9.89. The number of aromatic nitrogens is 2. The molecule has 0 aliphatic carbocycles. The van der Waals surface area contributed by atoms with Gasteiger partial charge < -0.3 is 19.4 Å². The zero-order chi connectivity index (χ0) is 12.4. The standard InChI is InChI=1S/C9H17BN2O4/c1-8(2,9(3,4)16-10(13)14)15-7-5-11-12-6-7/h5-6,13-14H,1-4H3,(H,11,12). The molecule has 16 heavy (non-hydrogen) atoms. The van der Waals surface area contributed by atoms with Crippen LogP contribution in [0.25, 0.3) is 0 Å². The van der Waals surface area contributed by atoms with Gasteiger partial charge in [0.05, 0.1) is 18.0 Å². The van der Waals surface area contributed by atoms with E-state index in [4.69, 9.17) is 19.4 Å². The molecule has 6 nitrogen and oxygen atoms in total. The molecular formula is C9H17BN2O4. The van der Waals surface area contributed by atoms with E-state index in [1.165, 1.54) is 6.20 Å². The molecule has 0 unspecified atom stereocenters. The van der Waals surface area contributed by atoms with Crippen molar-refractivity contribution >= 4 is 7.32 Å². The third kappa shape index (κ3) is 2.97. The molecule has 0 aromatic carbocycles. The Balaban J connectivity index is 2.75. The van der Waals surface area contributed by atoms with E-state index in [1.54, 1.807) is 33.9 Å². The summed E-state index contributed by atoms with van der Waals surface area (Å²) in [6.45, 7) is 7.02. The predicted molar refractivity (Wildman–Crippen MR) is 58.7 cm³/mol. The first-order valence-corrected chi connectivity index (χ1v) is 4.96. The quantitative estimate of drug-likeness (QED) is 0.632. The molecule has 0 saturated heterocycles. The summed E-state index contributed by atoms with van der Waals surface area (Å²) in [5.41, 5.74) is -1.63. The van der Waals surface area contributed by atoms with Crippen molar-refractivity contribution in [3.05, 3.63) is 12.4 Å². The minimum Gasteiger partial charge on any atom is -0.482 e. The number of aromatic amines is 1. The third-order valence-electron chi connectivity index (χ3n) is 2.70. The van der Waals surface area contributed by atoms with Crippen LogP contribution in [0.2, 0.25) is 0 Å². The number of hydrogen-bond acceptors (Lipinski definition) is 5. The molecule has 1 aromatic rings. The van der Waals surface area contributed by atoms with Crippen LogP contribution in [0.15, 0.2) is 12.4 Å². The first-order chi connectivity index (χ1) is 7.24. The maximum absolute atomic E-state index is 8.84. The Morgan fingerprint density at radius 1 is 1.25 bits per heavy atom. The number of rotatable bonds is 5. The van der Waals surface area contributed by atoms with Crippen LogP contribution in [-0.4, -0.2) is 38.8 Å². The lowest BCUT2D eigenvalue weighted by Crippen LogP contribution is -2.54. The van der Waals surface area contributed by atoms with Crippen molar-refractivity contribution in [3.63, 3.8) is 0 Å². The van der Waals surface area contributed by atoms with Gasteiger partial charge >= 0.3 is 7.32 Å². The minimum absolute atomic E-state index is 0.564. The van der Waals surface area contributed by atoms with Crippen molar-refractivity contribution in [1.29, 1.82) is 0 Å². The van der Waals surface area contributed by atoms with Crippen LogP contribution in [-0.2, 0) is 4.65 Å². The largest absolute Gasteiger partial charge is 0.634 e. The van der Waals surface area contributed by atoms with Crippen LogP contribution < -0.4 is 4.74 Å². The van der Waals surface area contributed by atoms with Gasteiger partial charge in [-0.3, -0.25) is 5.10 Å². The molecule has 90 valence electrons. The number of hydrogen-bond donors (Lipinski definition) is 3. The number of ether oxygens (including phenoxy) is 1. The van der Waals surface area contributed by atoms with Crippen LogP contribution in [0.4, 0.5) is 0 Å². The SMILES string of the molecule is CC(C)(OB(O)O)C(C)(C)Oc1cn[nH]c1. The Kier molecular flexibility index (Phi) is 3.62. The van der Waals surface area contributed by atoms with Crippen LogP contribution in [0.5, 0.6) is 5.75 Å². The lowest BCUT2D eigenvalue weighted by Gasteiger charge is -2.41. The molecule has 1 aromatic heterocycles. The summed E-state index contributed by atoms with van der Waals surface area (Å²) in [5, 5.41) is 24.1. The summed E-state index contributed by atoms with van der Waals surface area (Å²) in [6.07, 6.45) is 3.14. The van der Waals surface area contributed by atoms with Crippen molar-refractivity contribution in [2.24, 2.45) is 0 Å². The van der Waals surface area contributed by atoms with E-state index in [1.807, 2.05) is 0 Å². The van der Waals surface area contributed by atoms with Gasteiger partial charge in [-0.05, 0) is 27.7 Å². The van der Waals surface area contributed by atoms with Gasteiger partial charge in [0.15, 0.2) is 5.75 Å². The second kappa shape index (κ2) is 4.44. The molecule has 0 atom stereocenters. The molecular weight excluding hydrogens is 211 g/mol. The van der Waals surface area contributed by atoms with Gasteiger partial charge in [-0.1, -0.05) is 0 Å². The highest BCUT2D eigenvalue weighted by atomic mass is 16.6. The predicted octanol–water partition coefficient (Wildman–Crippen LogP) is 0.332. The monoisotopic (exact) mass is 228 g/mol. The summed E-state index contributed by atoms with van der Waals surface area (Å²) in [5.74, 6) is 0.564. The summed E-state index contributed by atoms with van der Waals surface area (Å²) >= 11 is 0. The smallest absolute Gasteiger partial charge is 0.482 e. The van der Waals surface area contributed by atoms with Gasteiger partial charge in [0.25, 0.3) is 0 Å².